The predicted molar refractivity (Wildman–Crippen MR) is 109 cm³/mol. The molecule has 1 aromatic heterocycles. The zero-order valence-electron chi connectivity index (χ0n) is 16.3. The summed E-state index contributed by atoms with van der Waals surface area (Å²) in [5.74, 6) is 0.715. The molecule has 1 atom stereocenters. The van der Waals surface area contributed by atoms with E-state index in [1.807, 2.05) is 30.3 Å². The molecular weight excluding hydrogens is 372 g/mol. The molecule has 1 aliphatic heterocycles. The van der Waals surface area contributed by atoms with Crippen LogP contribution < -0.4 is 15.0 Å². The van der Waals surface area contributed by atoms with Crippen LogP contribution in [0.3, 0.4) is 0 Å². The normalized spacial score (nSPS) is 16.4. The summed E-state index contributed by atoms with van der Waals surface area (Å²) in [7, 11) is 3.19. The molecule has 1 unspecified atom stereocenters. The van der Waals surface area contributed by atoms with Gasteiger partial charge in [0.25, 0.3) is 0 Å². The second-order valence-electron chi connectivity index (χ2n) is 6.94. The smallest absolute Gasteiger partial charge is 0.229 e. The molecule has 0 spiro atoms. The fraction of sp³-hybridized carbons (Fsp3) is 0.286. The molecule has 3 aromatic rings. The molecular formula is C21H22N4O4. The Morgan fingerprint density at radius 3 is 2.93 bits per heavy atom. The Morgan fingerprint density at radius 2 is 2.14 bits per heavy atom. The number of benzene rings is 2. The third kappa shape index (κ3) is 3.93. The van der Waals surface area contributed by atoms with Crippen molar-refractivity contribution in [3.05, 3.63) is 48.3 Å². The molecule has 1 fully saturated rings. The highest BCUT2D eigenvalue weighted by Crippen LogP contribution is 2.29. The van der Waals surface area contributed by atoms with Crippen LogP contribution in [0.4, 0.5) is 11.4 Å². The van der Waals surface area contributed by atoms with Gasteiger partial charge in [0.1, 0.15) is 18.2 Å². The van der Waals surface area contributed by atoms with E-state index in [1.54, 1.807) is 31.3 Å². The number of aromatic nitrogens is 2. The second-order valence-corrected chi connectivity index (χ2v) is 6.94. The minimum atomic E-state index is -0.421. The van der Waals surface area contributed by atoms with Crippen LogP contribution in [-0.4, -0.2) is 42.5 Å². The van der Waals surface area contributed by atoms with Crippen molar-refractivity contribution in [3.63, 3.8) is 0 Å². The number of carbonyl (C=O) groups excluding carboxylic acids is 2. The average Bonchev–Trinajstić information content (AvgIpc) is 3.31. The zero-order chi connectivity index (χ0) is 20.4. The van der Waals surface area contributed by atoms with Crippen LogP contribution in [0, 0.1) is 5.92 Å². The lowest BCUT2D eigenvalue weighted by molar-refractivity contribution is -0.122. The van der Waals surface area contributed by atoms with Crippen LogP contribution >= 0.6 is 0 Å². The first-order valence-corrected chi connectivity index (χ1v) is 9.30. The number of rotatable bonds is 6. The summed E-state index contributed by atoms with van der Waals surface area (Å²) in [5, 5.41) is 2.91. The lowest BCUT2D eigenvalue weighted by atomic mass is 10.1. The number of nitrogens with zero attached hydrogens (tertiary/aromatic N) is 2. The first kappa shape index (κ1) is 18.9. The molecule has 29 heavy (non-hydrogen) atoms. The number of imidazole rings is 1. The van der Waals surface area contributed by atoms with Crippen molar-refractivity contribution >= 4 is 34.2 Å². The van der Waals surface area contributed by atoms with Gasteiger partial charge in [0.2, 0.25) is 11.8 Å². The van der Waals surface area contributed by atoms with Gasteiger partial charge in [-0.3, -0.25) is 9.59 Å². The van der Waals surface area contributed by atoms with E-state index in [2.05, 4.69) is 15.3 Å². The molecule has 2 amide bonds. The third-order valence-electron chi connectivity index (χ3n) is 4.94. The fourth-order valence-corrected chi connectivity index (χ4v) is 3.50. The highest BCUT2D eigenvalue weighted by molar-refractivity contribution is 6.04. The summed E-state index contributed by atoms with van der Waals surface area (Å²) in [6, 6.07) is 12.7. The summed E-state index contributed by atoms with van der Waals surface area (Å²) < 4.78 is 10.3. The van der Waals surface area contributed by atoms with Crippen LogP contribution in [0.15, 0.2) is 42.5 Å². The minimum Gasteiger partial charge on any atom is -0.497 e. The van der Waals surface area contributed by atoms with E-state index >= 15 is 0 Å². The number of hydrogen-bond donors (Lipinski definition) is 2. The molecule has 0 bridgehead atoms. The van der Waals surface area contributed by atoms with Gasteiger partial charge in [0.15, 0.2) is 0 Å². The predicted octanol–water partition coefficient (Wildman–Crippen LogP) is 2.71. The standard InChI is InChI=1S/C21H22N4O4/c1-28-12-19-23-17-7-6-14(9-18(17)24-19)22-21(27)13-8-20(26)25(11-13)15-4-3-5-16(10-15)29-2/h3-7,9-10,13H,8,11-12H2,1-2H3,(H,22,27)(H,23,24). The van der Waals surface area contributed by atoms with Gasteiger partial charge in [-0.05, 0) is 30.3 Å². The Labute approximate surface area is 167 Å². The van der Waals surface area contributed by atoms with Crippen molar-refractivity contribution < 1.29 is 19.1 Å². The lowest BCUT2D eigenvalue weighted by Gasteiger charge is -2.17. The number of nitrogens with one attached hydrogen (secondary N) is 2. The van der Waals surface area contributed by atoms with Crippen molar-refractivity contribution in [2.75, 3.05) is 31.0 Å². The fourth-order valence-electron chi connectivity index (χ4n) is 3.50. The van der Waals surface area contributed by atoms with Crippen LogP contribution in [0.5, 0.6) is 5.75 Å². The Kier molecular flexibility index (Phi) is 5.18. The van der Waals surface area contributed by atoms with E-state index in [1.165, 1.54) is 0 Å². The Hall–Kier alpha value is -3.39. The van der Waals surface area contributed by atoms with E-state index in [9.17, 15) is 9.59 Å². The van der Waals surface area contributed by atoms with Crippen LogP contribution in [0.25, 0.3) is 11.0 Å². The van der Waals surface area contributed by atoms with Crippen molar-refractivity contribution in [2.24, 2.45) is 5.92 Å². The maximum atomic E-state index is 12.7. The number of aromatic amines is 1. The molecule has 2 heterocycles. The number of amides is 2. The van der Waals surface area contributed by atoms with Crippen molar-refractivity contribution in [2.45, 2.75) is 13.0 Å². The summed E-state index contributed by atoms with van der Waals surface area (Å²) in [6.07, 6.45) is 0.174. The van der Waals surface area contributed by atoms with Gasteiger partial charge in [-0.25, -0.2) is 4.98 Å². The molecule has 0 saturated carbocycles. The first-order chi connectivity index (χ1) is 14.1. The number of ether oxygens (including phenoxy) is 2. The van der Waals surface area contributed by atoms with E-state index in [0.717, 1.165) is 22.5 Å². The van der Waals surface area contributed by atoms with E-state index < -0.39 is 5.92 Å². The Bertz CT molecular complexity index is 1060. The summed E-state index contributed by atoms with van der Waals surface area (Å²) in [5.41, 5.74) is 3.00. The molecule has 2 N–H and O–H groups in total. The molecule has 0 radical (unpaired) electrons. The highest BCUT2D eigenvalue weighted by Gasteiger charge is 2.35. The van der Waals surface area contributed by atoms with Gasteiger partial charge in [0.05, 0.1) is 24.1 Å². The summed E-state index contributed by atoms with van der Waals surface area (Å²) in [6.45, 7) is 0.725. The van der Waals surface area contributed by atoms with Crippen LogP contribution in [0.1, 0.15) is 12.2 Å². The SMILES string of the molecule is COCc1nc2ccc(NC(=O)C3CC(=O)N(c4cccc(OC)c4)C3)cc2[nH]1. The highest BCUT2D eigenvalue weighted by atomic mass is 16.5. The van der Waals surface area contributed by atoms with Gasteiger partial charge in [0, 0.05) is 37.5 Å². The Balaban J connectivity index is 1.46. The summed E-state index contributed by atoms with van der Waals surface area (Å²) >= 11 is 0. The van der Waals surface area contributed by atoms with Crippen LogP contribution in [-0.2, 0) is 20.9 Å². The minimum absolute atomic E-state index is 0.0772. The van der Waals surface area contributed by atoms with Gasteiger partial charge in [-0.1, -0.05) is 6.07 Å². The lowest BCUT2D eigenvalue weighted by Crippen LogP contribution is -2.28. The number of methoxy groups -OCH3 is 2. The number of anilines is 2. The molecule has 4 rings (SSSR count). The quantitative estimate of drug-likeness (QED) is 0.670. The number of fused-ring (bicyclic) bond motifs is 1. The van der Waals surface area contributed by atoms with Gasteiger partial charge < -0.3 is 24.7 Å². The average molecular weight is 394 g/mol. The molecule has 1 aliphatic rings. The van der Waals surface area contributed by atoms with E-state index in [-0.39, 0.29) is 18.2 Å². The zero-order valence-corrected chi connectivity index (χ0v) is 16.3. The van der Waals surface area contributed by atoms with Crippen molar-refractivity contribution in [1.82, 2.24) is 9.97 Å². The third-order valence-corrected chi connectivity index (χ3v) is 4.94. The molecule has 2 aromatic carbocycles. The van der Waals surface area contributed by atoms with Crippen molar-refractivity contribution in [3.8, 4) is 5.75 Å². The topological polar surface area (TPSA) is 96.5 Å². The molecule has 1 saturated heterocycles. The maximum absolute atomic E-state index is 12.7. The Morgan fingerprint density at radius 1 is 1.28 bits per heavy atom. The van der Waals surface area contributed by atoms with E-state index in [0.29, 0.717) is 24.6 Å². The molecule has 8 heteroatoms. The van der Waals surface area contributed by atoms with Crippen molar-refractivity contribution in [1.29, 1.82) is 0 Å². The summed E-state index contributed by atoms with van der Waals surface area (Å²) in [4.78, 5) is 34.4. The van der Waals surface area contributed by atoms with Gasteiger partial charge >= 0.3 is 0 Å². The second kappa shape index (κ2) is 7.92. The van der Waals surface area contributed by atoms with Crippen LogP contribution in [0.2, 0.25) is 0 Å². The molecule has 150 valence electrons. The monoisotopic (exact) mass is 394 g/mol. The van der Waals surface area contributed by atoms with Gasteiger partial charge in [-0.15, -0.1) is 0 Å². The number of H-pyrrole nitrogens is 1. The van der Waals surface area contributed by atoms with Gasteiger partial charge in [-0.2, -0.15) is 0 Å². The molecule has 0 aliphatic carbocycles. The first-order valence-electron chi connectivity index (χ1n) is 9.30. The number of carbonyl (C=O) groups is 2. The van der Waals surface area contributed by atoms with E-state index in [4.69, 9.17) is 9.47 Å². The largest absolute Gasteiger partial charge is 0.497 e. The number of hydrogen-bond acceptors (Lipinski definition) is 5. The molecule has 8 nitrogen and oxygen atoms in total. The maximum Gasteiger partial charge on any atom is 0.229 e.